The molecular formula is C13H9ClN2O2S2. The number of nitrogens with zero attached hydrogens (tertiary/aromatic N) is 1. The maximum Gasteiger partial charge on any atom is 0.273 e. The highest BCUT2D eigenvalue weighted by atomic mass is 35.5. The van der Waals surface area contributed by atoms with Crippen molar-refractivity contribution in [3.63, 3.8) is 0 Å². The summed E-state index contributed by atoms with van der Waals surface area (Å²) in [7, 11) is -3.66. The van der Waals surface area contributed by atoms with Crippen LogP contribution in [0.2, 0.25) is 4.47 Å². The van der Waals surface area contributed by atoms with E-state index in [1.54, 1.807) is 12.1 Å². The summed E-state index contributed by atoms with van der Waals surface area (Å²) in [6.45, 7) is 0. The van der Waals surface area contributed by atoms with E-state index >= 15 is 0 Å². The van der Waals surface area contributed by atoms with Crippen molar-refractivity contribution in [1.82, 2.24) is 4.98 Å². The molecule has 3 aromatic rings. The number of halogens is 1. The van der Waals surface area contributed by atoms with Crippen molar-refractivity contribution >= 4 is 49.4 Å². The SMILES string of the molecule is O=S(=O)(Nc1cccc2ccccc12)c1cnc(Cl)s1. The van der Waals surface area contributed by atoms with Crippen LogP contribution in [0.25, 0.3) is 10.8 Å². The smallest absolute Gasteiger partial charge is 0.273 e. The number of sulfonamides is 1. The van der Waals surface area contributed by atoms with Crippen LogP contribution >= 0.6 is 22.9 Å². The van der Waals surface area contributed by atoms with Gasteiger partial charge in [-0.15, -0.1) is 0 Å². The number of benzene rings is 2. The first-order chi connectivity index (χ1) is 9.56. The lowest BCUT2D eigenvalue weighted by molar-refractivity contribution is 0.603. The van der Waals surface area contributed by atoms with E-state index in [4.69, 9.17) is 11.6 Å². The van der Waals surface area contributed by atoms with Gasteiger partial charge in [0.2, 0.25) is 0 Å². The van der Waals surface area contributed by atoms with Crippen molar-refractivity contribution < 1.29 is 8.42 Å². The third kappa shape index (κ3) is 2.49. The number of nitrogens with one attached hydrogen (secondary N) is 1. The lowest BCUT2D eigenvalue weighted by atomic mass is 10.1. The molecule has 2 aromatic carbocycles. The Bertz CT molecular complexity index is 869. The highest BCUT2D eigenvalue weighted by Crippen LogP contribution is 2.28. The summed E-state index contributed by atoms with van der Waals surface area (Å²) in [5.41, 5.74) is 0.535. The Balaban J connectivity index is 2.05. The predicted octanol–water partition coefficient (Wildman–Crippen LogP) is 3.75. The Kier molecular flexibility index (Phi) is 3.37. The third-order valence-corrected chi connectivity index (χ3v) is 5.70. The second-order valence-corrected chi connectivity index (χ2v) is 7.59. The van der Waals surface area contributed by atoms with Crippen molar-refractivity contribution in [3.05, 3.63) is 53.1 Å². The lowest BCUT2D eigenvalue weighted by Gasteiger charge is -2.09. The minimum Gasteiger partial charge on any atom is -0.278 e. The van der Waals surface area contributed by atoms with E-state index in [1.165, 1.54) is 6.20 Å². The Hall–Kier alpha value is -1.63. The molecule has 7 heteroatoms. The molecule has 0 unspecified atom stereocenters. The van der Waals surface area contributed by atoms with Gasteiger partial charge in [-0.05, 0) is 11.5 Å². The van der Waals surface area contributed by atoms with Crippen LogP contribution in [0.3, 0.4) is 0 Å². The molecule has 0 radical (unpaired) electrons. The fourth-order valence-corrected chi connectivity index (χ4v) is 4.25. The monoisotopic (exact) mass is 324 g/mol. The molecular weight excluding hydrogens is 316 g/mol. The maximum absolute atomic E-state index is 12.3. The highest BCUT2D eigenvalue weighted by Gasteiger charge is 2.18. The average molecular weight is 325 g/mol. The van der Waals surface area contributed by atoms with Crippen molar-refractivity contribution in [2.24, 2.45) is 0 Å². The van der Waals surface area contributed by atoms with Gasteiger partial charge in [0.25, 0.3) is 10.0 Å². The van der Waals surface area contributed by atoms with Gasteiger partial charge in [-0.3, -0.25) is 4.72 Å². The highest BCUT2D eigenvalue weighted by molar-refractivity contribution is 7.94. The Morgan fingerprint density at radius 1 is 1.10 bits per heavy atom. The van der Waals surface area contributed by atoms with E-state index in [-0.39, 0.29) is 8.68 Å². The van der Waals surface area contributed by atoms with Gasteiger partial charge >= 0.3 is 0 Å². The minimum absolute atomic E-state index is 0.0930. The summed E-state index contributed by atoms with van der Waals surface area (Å²) in [5.74, 6) is 0. The molecule has 0 amide bonds. The number of rotatable bonds is 3. The van der Waals surface area contributed by atoms with Crippen LogP contribution in [0, 0.1) is 0 Å². The average Bonchev–Trinajstić information content (AvgIpc) is 2.86. The van der Waals surface area contributed by atoms with Gasteiger partial charge in [0, 0.05) is 5.39 Å². The van der Waals surface area contributed by atoms with E-state index in [1.807, 2.05) is 30.3 Å². The molecule has 0 saturated carbocycles. The molecule has 0 aliphatic rings. The molecule has 0 atom stereocenters. The zero-order valence-electron chi connectivity index (χ0n) is 10.1. The molecule has 1 aromatic heterocycles. The fraction of sp³-hybridized carbons (Fsp3) is 0. The Morgan fingerprint density at radius 2 is 1.85 bits per heavy atom. The van der Waals surface area contributed by atoms with Crippen LogP contribution in [-0.4, -0.2) is 13.4 Å². The first kappa shape index (κ1) is 13.4. The van der Waals surface area contributed by atoms with Gasteiger partial charge < -0.3 is 0 Å². The van der Waals surface area contributed by atoms with Crippen LogP contribution < -0.4 is 4.72 Å². The first-order valence-electron chi connectivity index (χ1n) is 5.68. The van der Waals surface area contributed by atoms with Crippen molar-refractivity contribution in [3.8, 4) is 0 Å². The summed E-state index contributed by atoms with van der Waals surface area (Å²) in [4.78, 5) is 3.75. The van der Waals surface area contributed by atoms with E-state index in [9.17, 15) is 8.42 Å². The summed E-state index contributed by atoms with van der Waals surface area (Å²) in [5, 5.41) is 1.81. The van der Waals surface area contributed by atoms with Gasteiger partial charge in [0.1, 0.15) is 0 Å². The van der Waals surface area contributed by atoms with Crippen LogP contribution in [0.5, 0.6) is 0 Å². The molecule has 3 rings (SSSR count). The molecule has 0 spiro atoms. The number of anilines is 1. The van der Waals surface area contributed by atoms with Crippen LogP contribution in [-0.2, 0) is 10.0 Å². The number of aromatic nitrogens is 1. The van der Waals surface area contributed by atoms with Gasteiger partial charge in [0.05, 0.1) is 11.9 Å². The largest absolute Gasteiger partial charge is 0.278 e. The first-order valence-corrected chi connectivity index (χ1v) is 8.36. The zero-order chi connectivity index (χ0) is 14.2. The lowest BCUT2D eigenvalue weighted by Crippen LogP contribution is -2.11. The van der Waals surface area contributed by atoms with Crippen LogP contribution in [0.15, 0.2) is 52.9 Å². The van der Waals surface area contributed by atoms with E-state index in [0.717, 1.165) is 22.1 Å². The third-order valence-electron chi connectivity index (χ3n) is 2.76. The molecule has 102 valence electrons. The molecule has 0 bridgehead atoms. The van der Waals surface area contributed by atoms with Crippen molar-refractivity contribution in [2.45, 2.75) is 4.21 Å². The second-order valence-electron chi connectivity index (χ2n) is 4.06. The number of thiazole rings is 1. The molecule has 0 fully saturated rings. The summed E-state index contributed by atoms with van der Waals surface area (Å²) < 4.78 is 27.4. The second kappa shape index (κ2) is 5.05. The fourth-order valence-electron chi connectivity index (χ4n) is 1.87. The Morgan fingerprint density at radius 3 is 2.60 bits per heavy atom. The van der Waals surface area contributed by atoms with Gasteiger partial charge in [-0.2, -0.15) is 0 Å². The zero-order valence-corrected chi connectivity index (χ0v) is 12.5. The number of hydrogen-bond acceptors (Lipinski definition) is 4. The van der Waals surface area contributed by atoms with E-state index in [2.05, 4.69) is 9.71 Å². The number of fused-ring (bicyclic) bond motifs is 1. The predicted molar refractivity (Wildman–Crippen MR) is 81.9 cm³/mol. The summed E-state index contributed by atoms with van der Waals surface area (Å²) in [6.07, 6.45) is 1.25. The van der Waals surface area contributed by atoms with E-state index < -0.39 is 10.0 Å². The number of hydrogen-bond donors (Lipinski definition) is 1. The maximum atomic E-state index is 12.3. The minimum atomic E-state index is -3.66. The van der Waals surface area contributed by atoms with Crippen molar-refractivity contribution in [1.29, 1.82) is 0 Å². The van der Waals surface area contributed by atoms with Crippen LogP contribution in [0.4, 0.5) is 5.69 Å². The normalized spacial score (nSPS) is 11.7. The van der Waals surface area contributed by atoms with Gasteiger partial charge in [0.15, 0.2) is 8.68 Å². The Labute approximate surface area is 125 Å². The molecule has 0 aliphatic carbocycles. The molecule has 1 heterocycles. The van der Waals surface area contributed by atoms with Crippen molar-refractivity contribution in [2.75, 3.05) is 4.72 Å². The quantitative estimate of drug-likeness (QED) is 0.798. The molecule has 0 saturated heterocycles. The van der Waals surface area contributed by atoms with Gasteiger partial charge in [-0.1, -0.05) is 59.3 Å². The molecule has 1 N–H and O–H groups in total. The van der Waals surface area contributed by atoms with Gasteiger partial charge in [-0.25, -0.2) is 13.4 Å². The molecule has 0 aliphatic heterocycles. The topological polar surface area (TPSA) is 59.1 Å². The van der Waals surface area contributed by atoms with E-state index in [0.29, 0.717) is 5.69 Å². The molecule has 20 heavy (non-hydrogen) atoms. The summed E-state index contributed by atoms with van der Waals surface area (Å²) in [6, 6.07) is 13.0. The van der Waals surface area contributed by atoms with Crippen LogP contribution in [0.1, 0.15) is 0 Å². The standard InChI is InChI=1S/C13H9ClN2O2S2/c14-13-15-8-12(19-13)20(17,18)16-11-7-3-5-9-4-1-2-6-10(9)11/h1-8,16H. The molecule has 4 nitrogen and oxygen atoms in total. The summed E-state index contributed by atoms with van der Waals surface area (Å²) >= 11 is 6.60.